The molecule has 0 aliphatic carbocycles. The molecule has 7 nitrogen and oxygen atoms in total. The van der Waals surface area contributed by atoms with Crippen LogP contribution in [0.2, 0.25) is 10.0 Å². The van der Waals surface area contributed by atoms with Crippen LogP contribution in [-0.2, 0) is 11.2 Å². The molecule has 0 bridgehead atoms. The van der Waals surface area contributed by atoms with Crippen molar-refractivity contribution in [3.8, 4) is 17.3 Å². The predicted molar refractivity (Wildman–Crippen MR) is 145 cm³/mol. The maximum atomic E-state index is 12.7. The summed E-state index contributed by atoms with van der Waals surface area (Å²) in [6.07, 6.45) is 3.90. The van der Waals surface area contributed by atoms with Crippen LogP contribution in [0, 0.1) is 6.92 Å². The van der Waals surface area contributed by atoms with Crippen molar-refractivity contribution in [1.82, 2.24) is 19.7 Å². The Morgan fingerprint density at radius 1 is 1.11 bits per heavy atom. The molecule has 0 spiro atoms. The van der Waals surface area contributed by atoms with Gasteiger partial charge < -0.3 is 9.73 Å². The van der Waals surface area contributed by atoms with E-state index in [1.54, 1.807) is 24.6 Å². The fourth-order valence-electron chi connectivity index (χ4n) is 3.57. The molecule has 36 heavy (non-hydrogen) atoms. The number of aryl methyl sites for hydroxylation is 1. The largest absolute Gasteiger partial charge is 0.461 e. The van der Waals surface area contributed by atoms with E-state index in [2.05, 4.69) is 20.5 Å². The summed E-state index contributed by atoms with van der Waals surface area (Å²) >= 11 is 15.1. The lowest BCUT2D eigenvalue weighted by atomic mass is 10.1. The number of hydrogen-bond acceptors (Lipinski definition) is 7. The van der Waals surface area contributed by atoms with Gasteiger partial charge in [0.15, 0.2) is 16.0 Å². The van der Waals surface area contributed by atoms with Gasteiger partial charge in [-0.15, -0.1) is 21.5 Å². The van der Waals surface area contributed by atoms with E-state index in [1.807, 2.05) is 54.0 Å². The van der Waals surface area contributed by atoms with Gasteiger partial charge in [-0.3, -0.25) is 9.36 Å². The molecule has 3 aromatic heterocycles. The van der Waals surface area contributed by atoms with E-state index in [0.717, 1.165) is 21.7 Å². The zero-order valence-electron chi connectivity index (χ0n) is 18.9. The number of rotatable bonds is 8. The van der Waals surface area contributed by atoms with Gasteiger partial charge in [0, 0.05) is 17.5 Å². The van der Waals surface area contributed by atoms with Gasteiger partial charge in [-0.2, -0.15) is 0 Å². The Labute approximate surface area is 225 Å². The van der Waals surface area contributed by atoms with Gasteiger partial charge in [0.2, 0.25) is 11.7 Å². The zero-order valence-corrected chi connectivity index (χ0v) is 22.1. The Hall–Kier alpha value is -3.11. The minimum atomic E-state index is -0.194. The number of furan rings is 1. The number of halogens is 2. The van der Waals surface area contributed by atoms with E-state index >= 15 is 0 Å². The number of amides is 1. The highest BCUT2D eigenvalue weighted by Gasteiger charge is 2.20. The monoisotopic (exact) mass is 555 g/mol. The lowest BCUT2D eigenvalue weighted by Crippen LogP contribution is -2.14. The summed E-state index contributed by atoms with van der Waals surface area (Å²) in [6, 6.07) is 17.1. The van der Waals surface area contributed by atoms with E-state index < -0.39 is 0 Å². The van der Waals surface area contributed by atoms with Crippen LogP contribution < -0.4 is 5.32 Å². The van der Waals surface area contributed by atoms with Crippen molar-refractivity contribution in [3.63, 3.8) is 0 Å². The van der Waals surface area contributed by atoms with E-state index in [-0.39, 0.29) is 11.7 Å². The molecule has 5 aromatic rings. The van der Waals surface area contributed by atoms with Gasteiger partial charge in [0.25, 0.3) is 0 Å². The van der Waals surface area contributed by atoms with Gasteiger partial charge in [-0.25, -0.2) is 4.98 Å². The number of para-hydroxylation sites is 1. The summed E-state index contributed by atoms with van der Waals surface area (Å²) in [5.74, 6) is 1.11. The molecular formula is C25H19Cl2N5O2S2. The summed E-state index contributed by atoms with van der Waals surface area (Å²) in [5.41, 5.74) is 2.87. The smallest absolute Gasteiger partial charge is 0.236 e. The molecular weight excluding hydrogens is 537 g/mol. The second kappa shape index (κ2) is 10.9. The number of carbonyl (C=O) groups excluding carboxylic acids is 1. The van der Waals surface area contributed by atoms with E-state index in [1.165, 1.54) is 23.1 Å². The Bertz CT molecular complexity index is 1510. The molecule has 0 saturated carbocycles. The van der Waals surface area contributed by atoms with Crippen molar-refractivity contribution in [2.24, 2.45) is 0 Å². The molecule has 11 heteroatoms. The van der Waals surface area contributed by atoms with Crippen molar-refractivity contribution in [3.05, 3.63) is 93.1 Å². The Morgan fingerprint density at radius 2 is 1.97 bits per heavy atom. The molecule has 2 aromatic carbocycles. The minimum Gasteiger partial charge on any atom is -0.461 e. The number of benzene rings is 2. The van der Waals surface area contributed by atoms with Gasteiger partial charge in [0.05, 0.1) is 27.7 Å². The fraction of sp³-hybridized carbons (Fsp3) is 0.120. The van der Waals surface area contributed by atoms with Crippen LogP contribution in [0.1, 0.15) is 16.0 Å². The molecule has 0 atom stereocenters. The van der Waals surface area contributed by atoms with E-state index in [0.29, 0.717) is 38.3 Å². The molecule has 0 aliphatic heterocycles. The summed E-state index contributed by atoms with van der Waals surface area (Å²) in [6.45, 7) is 2.01. The summed E-state index contributed by atoms with van der Waals surface area (Å²) in [5, 5.41) is 13.7. The molecule has 1 amide bonds. The topological polar surface area (TPSA) is 85.8 Å². The van der Waals surface area contributed by atoms with Crippen molar-refractivity contribution in [1.29, 1.82) is 0 Å². The Balaban J connectivity index is 1.29. The average molecular weight is 557 g/mol. The first kappa shape index (κ1) is 24.6. The van der Waals surface area contributed by atoms with Gasteiger partial charge in [0.1, 0.15) is 0 Å². The SMILES string of the molecule is Cc1ccccc1-n1c(SCC(=O)Nc2ncc(Cc3cccc(Cl)c3Cl)s2)nnc1-c1ccco1. The number of carbonyl (C=O) groups is 1. The van der Waals surface area contributed by atoms with Crippen LogP contribution in [0.5, 0.6) is 0 Å². The summed E-state index contributed by atoms with van der Waals surface area (Å²) < 4.78 is 7.47. The van der Waals surface area contributed by atoms with Crippen molar-refractivity contribution in [2.75, 3.05) is 11.1 Å². The van der Waals surface area contributed by atoms with Crippen molar-refractivity contribution in [2.45, 2.75) is 18.5 Å². The molecule has 1 N–H and O–H groups in total. The lowest BCUT2D eigenvalue weighted by Gasteiger charge is -2.11. The first-order valence-corrected chi connectivity index (χ1v) is 13.4. The first-order valence-electron chi connectivity index (χ1n) is 10.8. The minimum absolute atomic E-state index is 0.136. The normalized spacial score (nSPS) is 11.1. The highest BCUT2D eigenvalue weighted by atomic mass is 35.5. The number of thiazole rings is 1. The summed E-state index contributed by atoms with van der Waals surface area (Å²) in [4.78, 5) is 18.0. The second-order valence-corrected chi connectivity index (χ2v) is 10.6. The van der Waals surface area contributed by atoms with Crippen LogP contribution in [-0.4, -0.2) is 31.4 Å². The molecule has 182 valence electrons. The molecule has 0 saturated heterocycles. The molecule has 5 rings (SSSR count). The number of thioether (sulfide) groups is 1. The highest BCUT2D eigenvalue weighted by Crippen LogP contribution is 2.31. The number of nitrogens with zero attached hydrogens (tertiary/aromatic N) is 4. The van der Waals surface area contributed by atoms with Crippen LogP contribution >= 0.6 is 46.3 Å². The zero-order chi connectivity index (χ0) is 25.1. The standard InChI is InChI=1S/C25H19Cl2N5O2S2/c1-15-6-2-3-9-19(15)32-23(20-10-5-11-34-20)30-31-25(32)35-14-21(33)29-24-28-13-17(36-24)12-16-7-4-8-18(26)22(16)27/h2-11,13H,12,14H2,1H3,(H,28,29,33). The van der Waals surface area contributed by atoms with Crippen LogP contribution in [0.15, 0.2) is 76.6 Å². The maximum absolute atomic E-state index is 12.7. The maximum Gasteiger partial charge on any atom is 0.236 e. The van der Waals surface area contributed by atoms with E-state index in [4.69, 9.17) is 27.6 Å². The third-order valence-corrected chi connectivity index (χ3v) is 7.96. The molecule has 0 fully saturated rings. The van der Waals surface area contributed by atoms with Crippen molar-refractivity contribution < 1.29 is 9.21 Å². The molecule has 0 aliphatic rings. The average Bonchev–Trinajstić information content (AvgIpc) is 3.62. The molecule has 0 unspecified atom stereocenters. The number of aromatic nitrogens is 4. The Morgan fingerprint density at radius 3 is 2.78 bits per heavy atom. The number of hydrogen-bond donors (Lipinski definition) is 1. The first-order chi connectivity index (χ1) is 17.5. The van der Waals surface area contributed by atoms with Gasteiger partial charge in [-0.1, -0.05) is 65.3 Å². The second-order valence-electron chi connectivity index (χ2n) is 7.76. The number of nitrogens with one attached hydrogen (secondary N) is 1. The highest BCUT2D eigenvalue weighted by molar-refractivity contribution is 7.99. The Kier molecular flexibility index (Phi) is 7.43. The third-order valence-electron chi connectivity index (χ3n) is 5.26. The van der Waals surface area contributed by atoms with Crippen molar-refractivity contribution >= 4 is 57.3 Å². The van der Waals surface area contributed by atoms with Gasteiger partial charge in [-0.05, 0) is 42.3 Å². The molecule has 3 heterocycles. The van der Waals surface area contributed by atoms with E-state index in [9.17, 15) is 4.79 Å². The van der Waals surface area contributed by atoms with Crippen LogP contribution in [0.4, 0.5) is 5.13 Å². The van der Waals surface area contributed by atoms with Gasteiger partial charge >= 0.3 is 0 Å². The lowest BCUT2D eigenvalue weighted by molar-refractivity contribution is -0.113. The molecule has 0 radical (unpaired) electrons. The summed E-state index contributed by atoms with van der Waals surface area (Å²) in [7, 11) is 0. The van der Waals surface area contributed by atoms with Crippen LogP contribution in [0.25, 0.3) is 17.3 Å². The fourth-order valence-corrected chi connectivity index (χ4v) is 5.55. The quantitative estimate of drug-likeness (QED) is 0.209. The predicted octanol–water partition coefficient (Wildman–Crippen LogP) is 6.92. The number of anilines is 1. The third kappa shape index (κ3) is 5.34. The van der Waals surface area contributed by atoms with Crippen LogP contribution in [0.3, 0.4) is 0 Å².